The summed E-state index contributed by atoms with van der Waals surface area (Å²) in [4.78, 5) is -0.00589. The Morgan fingerprint density at radius 1 is 1.15 bits per heavy atom. The molecule has 4 nitrogen and oxygen atoms in total. The van der Waals surface area contributed by atoms with E-state index < -0.39 is 15.8 Å². The van der Waals surface area contributed by atoms with Crippen LogP contribution in [0.3, 0.4) is 0 Å². The van der Waals surface area contributed by atoms with E-state index in [1.54, 1.807) is 0 Å². The minimum Gasteiger partial charge on any atom is -0.489 e. The summed E-state index contributed by atoms with van der Waals surface area (Å²) < 4.78 is 40.6. The van der Waals surface area contributed by atoms with Gasteiger partial charge in [0.15, 0.2) is 0 Å². The molecule has 0 saturated carbocycles. The first kappa shape index (κ1) is 14.8. The van der Waals surface area contributed by atoms with Crippen molar-refractivity contribution in [2.45, 2.75) is 11.5 Å². The summed E-state index contributed by atoms with van der Waals surface area (Å²) in [5.41, 5.74) is 0.502. The lowest BCUT2D eigenvalue weighted by atomic mass is 10.2. The molecule has 0 amide bonds. The normalized spacial score (nSPS) is 11.3. The van der Waals surface area contributed by atoms with E-state index in [1.165, 1.54) is 42.5 Å². The average Bonchev–Trinajstić information content (AvgIpc) is 2.39. The zero-order valence-corrected chi connectivity index (χ0v) is 11.8. The summed E-state index contributed by atoms with van der Waals surface area (Å²) in [6.07, 6.45) is 0. The van der Waals surface area contributed by atoms with Gasteiger partial charge in [0.25, 0.3) is 0 Å². The Labute approximate surface area is 121 Å². The van der Waals surface area contributed by atoms with Crippen LogP contribution in [-0.4, -0.2) is 8.42 Å². The Hall–Kier alpha value is -1.63. The summed E-state index contributed by atoms with van der Waals surface area (Å²) in [7, 11) is -3.73. The highest BCUT2D eigenvalue weighted by Gasteiger charge is 2.08. The number of benzene rings is 2. The second kappa shape index (κ2) is 5.78. The molecule has 2 aromatic carbocycles. The summed E-state index contributed by atoms with van der Waals surface area (Å²) in [5, 5.41) is 5.38. The number of hydrogen-bond donors (Lipinski definition) is 1. The SMILES string of the molecule is NS(=O)(=O)c1ccc(OCc2cc(F)ccc2Cl)cc1. The largest absolute Gasteiger partial charge is 0.489 e. The Balaban J connectivity index is 2.10. The van der Waals surface area contributed by atoms with Crippen LogP contribution in [0.4, 0.5) is 4.39 Å². The number of hydrogen-bond acceptors (Lipinski definition) is 3. The van der Waals surface area contributed by atoms with Crippen molar-refractivity contribution in [2.75, 3.05) is 0 Å². The molecule has 20 heavy (non-hydrogen) atoms. The first-order valence-electron chi connectivity index (χ1n) is 5.56. The van der Waals surface area contributed by atoms with E-state index in [4.69, 9.17) is 21.5 Å². The van der Waals surface area contributed by atoms with Crippen molar-refractivity contribution in [1.82, 2.24) is 0 Å². The summed E-state index contributed by atoms with van der Waals surface area (Å²) in [6, 6.07) is 9.57. The van der Waals surface area contributed by atoms with Crippen LogP contribution in [-0.2, 0) is 16.6 Å². The van der Waals surface area contributed by atoms with Crippen LogP contribution in [0, 0.1) is 5.82 Å². The zero-order valence-electron chi connectivity index (χ0n) is 10.2. The Kier molecular flexibility index (Phi) is 4.27. The van der Waals surface area contributed by atoms with E-state index in [0.717, 1.165) is 0 Å². The smallest absolute Gasteiger partial charge is 0.238 e. The van der Waals surface area contributed by atoms with Gasteiger partial charge in [-0.3, -0.25) is 0 Å². The number of primary sulfonamides is 1. The fourth-order valence-electron chi connectivity index (χ4n) is 1.54. The Bertz CT molecular complexity index is 717. The molecule has 2 N–H and O–H groups in total. The Morgan fingerprint density at radius 2 is 1.80 bits per heavy atom. The third-order valence-corrected chi connectivity index (χ3v) is 3.85. The van der Waals surface area contributed by atoms with Gasteiger partial charge in [-0.05, 0) is 42.5 Å². The fourth-order valence-corrected chi connectivity index (χ4v) is 2.23. The van der Waals surface area contributed by atoms with Gasteiger partial charge in [0, 0.05) is 10.6 Å². The first-order valence-corrected chi connectivity index (χ1v) is 7.48. The average molecular weight is 316 g/mol. The van der Waals surface area contributed by atoms with Gasteiger partial charge in [0.05, 0.1) is 4.90 Å². The summed E-state index contributed by atoms with van der Waals surface area (Å²) in [6.45, 7) is 0.0747. The summed E-state index contributed by atoms with van der Waals surface area (Å²) >= 11 is 5.91. The lowest BCUT2D eigenvalue weighted by Crippen LogP contribution is -2.11. The minimum absolute atomic E-state index is 0.00589. The third kappa shape index (κ3) is 3.69. The van der Waals surface area contributed by atoms with Gasteiger partial charge in [-0.25, -0.2) is 17.9 Å². The quantitative estimate of drug-likeness (QED) is 0.943. The molecule has 0 aliphatic carbocycles. The number of nitrogens with two attached hydrogens (primary N) is 1. The number of sulfonamides is 1. The first-order chi connectivity index (χ1) is 9.36. The predicted molar refractivity (Wildman–Crippen MR) is 73.6 cm³/mol. The van der Waals surface area contributed by atoms with Crippen molar-refractivity contribution < 1.29 is 17.5 Å². The van der Waals surface area contributed by atoms with Crippen molar-refractivity contribution >= 4 is 21.6 Å². The highest BCUT2D eigenvalue weighted by molar-refractivity contribution is 7.89. The molecule has 0 spiro atoms. The molecule has 0 unspecified atom stereocenters. The van der Waals surface area contributed by atoms with Crippen molar-refractivity contribution in [3.05, 3.63) is 58.9 Å². The minimum atomic E-state index is -3.73. The lowest BCUT2D eigenvalue weighted by Gasteiger charge is -2.08. The number of halogens is 2. The maximum atomic E-state index is 13.1. The highest BCUT2D eigenvalue weighted by Crippen LogP contribution is 2.20. The molecular weight excluding hydrogens is 305 g/mol. The molecule has 0 aromatic heterocycles. The second-order valence-electron chi connectivity index (χ2n) is 4.04. The molecule has 106 valence electrons. The van der Waals surface area contributed by atoms with E-state index in [-0.39, 0.29) is 11.5 Å². The molecule has 2 aromatic rings. The van der Waals surface area contributed by atoms with Crippen molar-refractivity contribution in [2.24, 2.45) is 5.14 Å². The molecule has 0 aliphatic rings. The zero-order chi connectivity index (χ0) is 14.8. The monoisotopic (exact) mass is 315 g/mol. The van der Waals surface area contributed by atoms with Crippen molar-refractivity contribution in [3.63, 3.8) is 0 Å². The maximum Gasteiger partial charge on any atom is 0.238 e. The third-order valence-electron chi connectivity index (χ3n) is 2.55. The molecule has 0 fully saturated rings. The van der Waals surface area contributed by atoms with Gasteiger partial charge >= 0.3 is 0 Å². The topological polar surface area (TPSA) is 69.4 Å². The Morgan fingerprint density at radius 3 is 2.40 bits per heavy atom. The molecule has 0 bridgehead atoms. The van der Waals surface area contributed by atoms with E-state index in [2.05, 4.69) is 0 Å². The van der Waals surface area contributed by atoms with Gasteiger partial charge in [-0.2, -0.15) is 0 Å². The number of rotatable bonds is 4. The van der Waals surface area contributed by atoms with Crippen molar-refractivity contribution in [3.8, 4) is 5.75 Å². The van der Waals surface area contributed by atoms with Gasteiger partial charge in [0.2, 0.25) is 10.0 Å². The van der Waals surface area contributed by atoms with Gasteiger partial charge < -0.3 is 4.74 Å². The highest BCUT2D eigenvalue weighted by atomic mass is 35.5. The maximum absolute atomic E-state index is 13.1. The van der Waals surface area contributed by atoms with Crippen LogP contribution < -0.4 is 9.88 Å². The van der Waals surface area contributed by atoms with E-state index in [1.807, 2.05) is 0 Å². The van der Waals surface area contributed by atoms with Crippen molar-refractivity contribution in [1.29, 1.82) is 0 Å². The van der Waals surface area contributed by atoms with Crippen LogP contribution in [0.2, 0.25) is 5.02 Å². The van der Waals surface area contributed by atoms with E-state index in [0.29, 0.717) is 16.3 Å². The molecule has 0 aliphatic heterocycles. The second-order valence-corrected chi connectivity index (χ2v) is 6.01. The number of ether oxygens (including phenoxy) is 1. The van der Waals surface area contributed by atoms with Gasteiger partial charge in [-0.15, -0.1) is 0 Å². The van der Waals surface area contributed by atoms with Crippen LogP contribution >= 0.6 is 11.6 Å². The predicted octanol–water partition coefficient (Wildman–Crippen LogP) is 2.71. The molecule has 0 heterocycles. The molecular formula is C13H11ClFNO3S. The molecule has 7 heteroatoms. The summed E-state index contributed by atoms with van der Waals surface area (Å²) in [5.74, 6) is 0.0234. The van der Waals surface area contributed by atoms with Crippen LogP contribution in [0.5, 0.6) is 5.75 Å². The van der Waals surface area contributed by atoms with Crippen LogP contribution in [0.1, 0.15) is 5.56 Å². The molecule has 0 atom stereocenters. The molecule has 0 radical (unpaired) electrons. The molecule has 0 saturated heterocycles. The fraction of sp³-hybridized carbons (Fsp3) is 0.0769. The molecule has 2 rings (SSSR count). The van der Waals surface area contributed by atoms with Gasteiger partial charge in [0.1, 0.15) is 18.2 Å². The van der Waals surface area contributed by atoms with E-state index >= 15 is 0 Å². The van der Waals surface area contributed by atoms with Crippen LogP contribution in [0.25, 0.3) is 0 Å². The van der Waals surface area contributed by atoms with Gasteiger partial charge in [-0.1, -0.05) is 11.6 Å². The van der Waals surface area contributed by atoms with Crippen LogP contribution in [0.15, 0.2) is 47.4 Å². The standard InChI is InChI=1S/C13H11ClFNO3S/c14-13-6-1-10(15)7-9(13)8-19-11-2-4-12(5-3-11)20(16,17)18/h1-7H,8H2,(H2,16,17,18). The lowest BCUT2D eigenvalue weighted by molar-refractivity contribution is 0.305. The van der Waals surface area contributed by atoms with E-state index in [9.17, 15) is 12.8 Å².